The average Bonchev–Trinajstić information content (AvgIpc) is 3.79. The maximum atomic E-state index is 14.1. The van der Waals surface area contributed by atoms with Crippen molar-refractivity contribution in [3.63, 3.8) is 0 Å². The summed E-state index contributed by atoms with van der Waals surface area (Å²) in [7, 11) is 0. The van der Waals surface area contributed by atoms with Crippen LogP contribution in [0.3, 0.4) is 0 Å². The lowest BCUT2D eigenvalue weighted by atomic mass is 10.0. The number of aliphatic hydroxyl groups is 1. The molecule has 0 bridgehead atoms. The van der Waals surface area contributed by atoms with Crippen LogP contribution in [-0.4, -0.2) is 153 Å². The fraction of sp³-hybridized carbons (Fsp3) is 0.585. The quantitative estimate of drug-likeness (QED) is 0.0330. The molecule has 0 spiro atoms. The predicted octanol–water partition coefficient (Wildman–Crippen LogP) is -3.25. The summed E-state index contributed by atoms with van der Waals surface area (Å²) < 4.78 is 0. The molecule has 0 aliphatic carbocycles. The van der Waals surface area contributed by atoms with E-state index in [4.69, 9.17) is 17.2 Å². The number of hydrogen-bond donors (Lipinski definition) is 14. The number of carbonyl (C=O) groups excluding carboxylic acids is 7. The number of carboxylic acids is 1. The number of aliphatic carboxylic acids is 1. The Morgan fingerprint density at radius 2 is 1.18 bits per heavy atom. The van der Waals surface area contributed by atoms with E-state index in [2.05, 4.69) is 47.2 Å². The van der Waals surface area contributed by atoms with Gasteiger partial charge in [-0.1, -0.05) is 12.1 Å². The molecule has 7 amide bonds. The van der Waals surface area contributed by atoms with Gasteiger partial charge in [0.25, 0.3) is 0 Å². The van der Waals surface area contributed by atoms with E-state index in [1.807, 2.05) is 0 Å². The Kier molecular flexibility index (Phi) is 25.2. The van der Waals surface area contributed by atoms with Gasteiger partial charge in [-0.25, -0.2) is 9.78 Å². The number of unbranched alkanes of at least 4 members (excludes halogenated alkanes) is 2. The van der Waals surface area contributed by atoms with Crippen LogP contribution in [-0.2, 0) is 51.2 Å². The van der Waals surface area contributed by atoms with Gasteiger partial charge in [0.15, 0.2) is 0 Å². The highest BCUT2D eigenvalue weighted by molar-refractivity contribution is 7.98. The third-order valence-electron chi connectivity index (χ3n) is 10.0. The van der Waals surface area contributed by atoms with Gasteiger partial charge in [-0.2, -0.15) is 11.8 Å². The van der Waals surface area contributed by atoms with Gasteiger partial charge in [0.2, 0.25) is 41.4 Å². The summed E-state index contributed by atoms with van der Waals surface area (Å²) in [6.07, 6.45) is 4.97. The van der Waals surface area contributed by atoms with E-state index in [-0.39, 0.29) is 44.4 Å². The lowest BCUT2D eigenvalue weighted by Gasteiger charge is -2.27. The molecule has 1 aromatic carbocycles. The van der Waals surface area contributed by atoms with Crippen LogP contribution in [0, 0.1) is 0 Å². The van der Waals surface area contributed by atoms with E-state index < -0.39 is 102 Å². The van der Waals surface area contributed by atoms with Gasteiger partial charge in [-0.3, -0.25) is 33.6 Å². The Bertz CT molecular complexity index is 1840. The number of nitrogens with one attached hydrogen (secondary N) is 8. The van der Waals surface area contributed by atoms with Gasteiger partial charge in [-0.15, -0.1) is 0 Å². The van der Waals surface area contributed by atoms with E-state index >= 15 is 0 Å². The minimum absolute atomic E-state index is 0.000199. The molecular weight excluding hydrogens is 869 g/mol. The van der Waals surface area contributed by atoms with Crippen molar-refractivity contribution in [2.75, 3.05) is 31.6 Å². The molecule has 24 heteroatoms. The molecule has 0 unspecified atom stereocenters. The number of phenols is 1. The number of nitrogens with two attached hydrogens (primary N) is 3. The molecule has 362 valence electrons. The van der Waals surface area contributed by atoms with Crippen LogP contribution >= 0.6 is 11.8 Å². The third kappa shape index (κ3) is 20.3. The molecule has 0 aliphatic rings. The van der Waals surface area contributed by atoms with Crippen LogP contribution in [0.25, 0.3) is 0 Å². The van der Waals surface area contributed by atoms with Crippen LogP contribution in [0.4, 0.5) is 0 Å². The van der Waals surface area contributed by atoms with E-state index in [0.29, 0.717) is 49.2 Å². The van der Waals surface area contributed by atoms with Gasteiger partial charge < -0.3 is 74.7 Å². The van der Waals surface area contributed by atoms with Crippen LogP contribution < -0.4 is 54.4 Å². The molecular formula is C41H66N12O11S. The van der Waals surface area contributed by atoms with Crippen molar-refractivity contribution in [2.24, 2.45) is 17.2 Å². The first-order valence-electron chi connectivity index (χ1n) is 21.3. The molecule has 1 aromatic heterocycles. The second-order valence-corrected chi connectivity index (χ2v) is 16.4. The number of H-pyrrole nitrogens is 1. The number of aromatic hydroxyl groups is 1. The second kappa shape index (κ2) is 29.6. The fourth-order valence-corrected chi connectivity index (χ4v) is 6.78. The van der Waals surface area contributed by atoms with Crippen molar-refractivity contribution in [3.8, 4) is 5.75 Å². The van der Waals surface area contributed by atoms with E-state index in [9.17, 15) is 53.7 Å². The minimum atomic E-state index is -1.60. The fourth-order valence-electron chi connectivity index (χ4n) is 6.31. The smallest absolute Gasteiger partial charge is 0.326 e. The molecule has 65 heavy (non-hydrogen) atoms. The number of benzene rings is 1. The maximum Gasteiger partial charge on any atom is 0.326 e. The zero-order valence-corrected chi connectivity index (χ0v) is 37.8. The molecule has 8 atom stereocenters. The number of aliphatic hydroxyl groups excluding tert-OH is 1. The van der Waals surface area contributed by atoms with Crippen LogP contribution in [0.5, 0.6) is 5.75 Å². The van der Waals surface area contributed by atoms with E-state index in [0.717, 1.165) is 0 Å². The summed E-state index contributed by atoms with van der Waals surface area (Å²) >= 11 is 1.40. The number of aromatic amines is 1. The molecule has 0 saturated heterocycles. The predicted molar refractivity (Wildman–Crippen MR) is 240 cm³/mol. The molecule has 23 nitrogen and oxygen atoms in total. The third-order valence-corrected chi connectivity index (χ3v) is 10.7. The van der Waals surface area contributed by atoms with Crippen molar-refractivity contribution in [1.29, 1.82) is 0 Å². The van der Waals surface area contributed by atoms with E-state index in [1.54, 1.807) is 18.4 Å². The standard InChI is InChI=1S/C41H66N12O11S/c1-23(35(57)53-34(24(2)54)40(62)51-30(41(63)64)9-5-7-16-43)47-38(60)32(19-26-21-45-22-46-26)52-36(58)28(8-4-6-15-42)49-37(59)29(14-17-65-3)50-39(61)31(48-33(56)20-44)18-25-10-12-27(55)13-11-25/h10-13,21-24,28-32,34,54-55H,4-9,14-20,42-44H2,1-3H3,(H,45,46)(H,47,60)(H,48,56)(H,49,59)(H,50,61)(H,51,62)(H,52,58)(H,53,57)(H,63,64)/t23-,24+,28-,29-,30-,31-,32-,34-/m0/s1. The largest absolute Gasteiger partial charge is 0.508 e. The number of rotatable bonds is 31. The Morgan fingerprint density at radius 3 is 1.71 bits per heavy atom. The highest BCUT2D eigenvalue weighted by Gasteiger charge is 2.34. The van der Waals surface area contributed by atoms with Crippen molar-refractivity contribution < 1.29 is 53.7 Å². The number of amides is 7. The molecule has 17 N–H and O–H groups in total. The summed E-state index contributed by atoms with van der Waals surface area (Å²) in [5, 5.41) is 47.4. The van der Waals surface area contributed by atoms with Crippen molar-refractivity contribution in [3.05, 3.63) is 48.0 Å². The molecule has 0 aliphatic heterocycles. The molecule has 1 heterocycles. The number of carboxylic acid groups (broad SMARTS) is 1. The first-order valence-corrected chi connectivity index (χ1v) is 22.7. The van der Waals surface area contributed by atoms with Crippen LogP contribution in [0.1, 0.15) is 70.1 Å². The average molecular weight is 935 g/mol. The monoisotopic (exact) mass is 934 g/mol. The molecule has 0 fully saturated rings. The van der Waals surface area contributed by atoms with Gasteiger partial charge in [0, 0.05) is 24.7 Å². The lowest BCUT2D eigenvalue weighted by Crippen LogP contribution is -2.61. The minimum Gasteiger partial charge on any atom is -0.508 e. The molecule has 2 aromatic rings. The topological polar surface area (TPSA) is 388 Å². The van der Waals surface area contributed by atoms with Gasteiger partial charge >= 0.3 is 5.97 Å². The zero-order chi connectivity index (χ0) is 48.5. The zero-order valence-electron chi connectivity index (χ0n) is 37.0. The molecule has 0 radical (unpaired) electrons. The number of aromatic nitrogens is 2. The Balaban J connectivity index is 2.30. The first-order chi connectivity index (χ1) is 30.9. The lowest BCUT2D eigenvalue weighted by molar-refractivity contribution is -0.143. The van der Waals surface area contributed by atoms with Crippen LogP contribution in [0.2, 0.25) is 0 Å². The van der Waals surface area contributed by atoms with Gasteiger partial charge in [0.1, 0.15) is 48.0 Å². The summed E-state index contributed by atoms with van der Waals surface area (Å²) in [4.78, 5) is 113. The van der Waals surface area contributed by atoms with Gasteiger partial charge in [0.05, 0.1) is 19.0 Å². The highest BCUT2D eigenvalue weighted by atomic mass is 32.2. The van der Waals surface area contributed by atoms with Crippen molar-refractivity contribution in [2.45, 2.75) is 120 Å². The number of thioether (sulfide) groups is 1. The number of hydrogen-bond acceptors (Lipinski definition) is 15. The molecule has 0 saturated carbocycles. The summed E-state index contributed by atoms with van der Waals surface area (Å²) in [6.45, 7) is 2.70. The van der Waals surface area contributed by atoms with Crippen LogP contribution in [0.15, 0.2) is 36.8 Å². The Hall–Kier alpha value is -5.82. The Labute approximate surface area is 381 Å². The number of phenolic OH excluding ortho intramolecular Hbond substituents is 1. The van der Waals surface area contributed by atoms with Crippen molar-refractivity contribution >= 4 is 59.1 Å². The summed E-state index contributed by atoms with van der Waals surface area (Å²) in [5.74, 6) is -6.48. The summed E-state index contributed by atoms with van der Waals surface area (Å²) in [6, 6.07) is -3.24. The van der Waals surface area contributed by atoms with Gasteiger partial charge in [-0.05, 0) is 102 Å². The normalized spacial score (nSPS) is 14.8. The molecule has 2 rings (SSSR count). The van der Waals surface area contributed by atoms with E-state index in [1.165, 1.54) is 50.3 Å². The highest BCUT2D eigenvalue weighted by Crippen LogP contribution is 2.13. The van der Waals surface area contributed by atoms with Crippen molar-refractivity contribution in [1.82, 2.24) is 47.2 Å². The number of imidazole rings is 1. The second-order valence-electron chi connectivity index (χ2n) is 15.4. The number of nitrogens with zero attached hydrogens (tertiary/aromatic N) is 1. The first kappa shape index (κ1) is 55.3. The summed E-state index contributed by atoms with van der Waals surface area (Å²) in [5.41, 5.74) is 17.7. The Morgan fingerprint density at radius 1 is 0.662 bits per heavy atom. The number of carbonyl (C=O) groups is 8. The SMILES string of the molecule is CSCC[C@H](NC(=O)[C@H](Cc1ccc(O)cc1)NC(=O)CN)C(=O)N[C@@H](CCCCN)C(=O)N[C@@H](Cc1cnc[nH]1)C(=O)N[C@@H](C)C(=O)N[C@H](C(=O)N[C@@H](CCCCN)C(=O)O)[C@@H](C)O. The maximum absolute atomic E-state index is 14.1.